The molecule has 0 N–H and O–H groups in total. The van der Waals surface area contributed by atoms with Gasteiger partial charge in [0.05, 0.1) is 0 Å². The molecule has 0 aliphatic heterocycles. The molecule has 0 nitrogen and oxygen atoms in total. The molecule has 0 aliphatic carbocycles. The molecule has 0 atom stereocenters. The van der Waals surface area contributed by atoms with Crippen LogP contribution in [0.1, 0.15) is 33.4 Å². The fraction of sp³-hybridized carbons (Fsp3) is 0. The summed E-state index contributed by atoms with van der Waals surface area (Å²) in [5.74, 6) is 0. The topological polar surface area (TPSA) is 0 Å². The van der Waals surface area contributed by atoms with Gasteiger partial charge in [-0.3, -0.25) is 0 Å². The molecule has 0 saturated carbocycles. The van der Waals surface area contributed by atoms with E-state index in [1.54, 1.807) is 0 Å². The molecule has 6 aromatic carbocycles. The van der Waals surface area contributed by atoms with Gasteiger partial charge in [0.1, 0.15) is 0 Å². The van der Waals surface area contributed by atoms with Crippen molar-refractivity contribution in [3.63, 3.8) is 0 Å². The third-order valence-electron chi connectivity index (χ3n) is 8.56. The summed E-state index contributed by atoms with van der Waals surface area (Å²) < 4.78 is 0. The first-order valence-corrected chi connectivity index (χ1v) is 14.7. The van der Waals surface area contributed by atoms with E-state index in [4.69, 9.17) is 0 Å². The van der Waals surface area contributed by atoms with Gasteiger partial charge in [0.2, 0.25) is 0 Å². The Morgan fingerprint density at radius 1 is 0.364 bits per heavy atom. The van der Waals surface area contributed by atoms with E-state index < -0.39 is 0 Å². The van der Waals surface area contributed by atoms with Crippen molar-refractivity contribution in [2.45, 2.75) is 0 Å². The molecule has 210 valence electrons. The first-order chi connectivity index (χ1) is 21.6. The van der Waals surface area contributed by atoms with Crippen LogP contribution in [0.15, 0.2) is 137 Å². The zero-order chi connectivity index (χ0) is 30.8. The van der Waals surface area contributed by atoms with E-state index in [9.17, 15) is 0 Å². The minimum Gasteiger partial charge on any atom is -0.0984 e. The van der Waals surface area contributed by atoms with Crippen LogP contribution >= 0.6 is 0 Å². The van der Waals surface area contributed by atoms with E-state index in [2.05, 4.69) is 137 Å². The Hall–Kier alpha value is -5.72. The Kier molecular flexibility index (Phi) is 7.67. The molecule has 0 aromatic heterocycles. The van der Waals surface area contributed by atoms with Crippen LogP contribution in [-0.2, 0) is 0 Å². The van der Waals surface area contributed by atoms with Crippen LogP contribution in [0.25, 0.3) is 91.4 Å². The van der Waals surface area contributed by atoms with Crippen LogP contribution in [0.4, 0.5) is 0 Å². The Morgan fingerprint density at radius 3 is 1.48 bits per heavy atom. The molecular formula is C44H34. The fourth-order valence-electron chi connectivity index (χ4n) is 6.59. The molecule has 0 unspecified atom stereocenters. The number of hydrogen-bond donors (Lipinski definition) is 0. The van der Waals surface area contributed by atoms with E-state index >= 15 is 0 Å². The second-order valence-electron chi connectivity index (χ2n) is 10.7. The third kappa shape index (κ3) is 4.49. The van der Waals surface area contributed by atoms with Gasteiger partial charge in [-0.2, -0.15) is 0 Å². The van der Waals surface area contributed by atoms with Crippen molar-refractivity contribution in [2.24, 2.45) is 0 Å². The van der Waals surface area contributed by atoms with Crippen LogP contribution in [0.2, 0.25) is 0 Å². The molecule has 0 spiro atoms. The maximum absolute atomic E-state index is 4.31. The highest BCUT2D eigenvalue weighted by Gasteiger charge is 2.22. The first-order valence-electron chi connectivity index (χ1n) is 14.7. The fourth-order valence-corrected chi connectivity index (χ4v) is 6.59. The molecule has 0 saturated heterocycles. The lowest BCUT2D eigenvalue weighted by molar-refractivity contribution is 1.53. The molecule has 0 bridgehead atoms. The summed E-state index contributed by atoms with van der Waals surface area (Å²) in [5.41, 5.74) is 12.8. The Labute approximate surface area is 260 Å². The lowest BCUT2D eigenvalue weighted by atomic mass is 9.79. The number of benzene rings is 6. The highest BCUT2D eigenvalue weighted by molar-refractivity contribution is 6.13. The van der Waals surface area contributed by atoms with Gasteiger partial charge in [-0.15, -0.1) is 0 Å². The predicted molar refractivity (Wildman–Crippen MR) is 198 cm³/mol. The van der Waals surface area contributed by atoms with Gasteiger partial charge in [0.15, 0.2) is 0 Å². The number of hydrogen-bond acceptors (Lipinski definition) is 0. The van der Waals surface area contributed by atoms with E-state index in [1.807, 2.05) is 36.5 Å². The van der Waals surface area contributed by atoms with Gasteiger partial charge in [-0.1, -0.05) is 167 Å². The van der Waals surface area contributed by atoms with E-state index in [1.165, 1.54) is 10.8 Å². The Morgan fingerprint density at radius 2 is 0.886 bits per heavy atom. The molecule has 0 fully saturated rings. The lowest BCUT2D eigenvalue weighted by Gasteiger charge is -2.23. The van der Waals surface area contributed by atoms with Crippen LogP contribution < -0.4 is 0 Å². The molecule has 44 heavy (non-hydrogen) atoms. The zero-order valence-electron chi connectivity index (χ0n) is 24.9. The SMILES string of the molecule is C=Cc1cccc(-c2c(C=C)c(C=C)c(-c3ccc(-c4ccc5ccccc5c4)c(C=C)c3C=C)c3ccccc23)c1C=C. The smallest absolute Gasteiger partial charge is 0.00203 e. The Bertz CT molecular complexity index is 2170. The summed E-state index contributed by atoms with van der Waals surface area (Å²) in [6.45, 7) is 25.3. The molecule has 0 heterocycles. The van der Waals surface area contributed by atoms with Gasteiger partial charge < -0.3 is 0 Å². The highest BCUT2D eigenvalue weighted by Crippen LogP contribution is 2.47. The van der Waals surface area contributed by atoms with Crippen LogP contribution in [-0.4, -0.2) is 0 Å². The minimum atomic E-state index is 1.02. The molecular weight excluding hydrogens is 528 g/mol. The predicted octanol–water partition coefficient (Wildman–Crippen LogP) is 12.9. The van der Waals surface area contributed by atoms with Crippen LogP contribution in [0.5, 0.6) is 0 Å². The van der Waals surface area contributed by atoms with Crippen LogP contribution in [0, 0.1) is 0 Å². The molecule has 0 heteroatoms. The Balaban J connectivity index is 1.70. The van der Waals surface area contributed by atoms with Gasteiger partial charge >= 0.3 is 0 Å². The molecule has 0 aliphatic rings. The summed E-state index contributed by atoms with van der Waals surface area (Å²) in [4.78, 5) is 0. The van der Waals surface area contributed by atoms with Crippen LogP contribution in [0.3, 0.4) is 0 Å². The summed E-state index contributed by atoms with van der Waals surface area (Å²) in [5, 5.41) is 4.67. The molecule has 6 aromatic rings. The number of rotatable bonds is 9. The highest BCUT2D eigenvalue weighted by atomic mass is 14.3. The monoisotopic (exact) mass is 562 g/mol. The maximum atomic E-state index is 4.31. The summed E-state index contributed by atoms with van der Waals surface area (Å²) in [6.07, 6.45) is 11.6. The summed E-state index contributed by atoms with van der Waals surface area (Å²) in [6, 6.07) is 34.3. The van der Waals surface area contributed by atoms with Crippen molar-refractivity contribution in [1.82, 2.24) is 0 Å². The second kappa shape index (κ2) is 11.9. The first kappa shape index (κ1) is 28.4. The molecule has 6 rings (SSSR count). The van der Waals surface area contributed by atoms with Gasteiger partial charge in [0.25, 0.3) is 0 Å². The van der Waals surface area contributed by atoms with Crippen molar-refractivity contribution < 1.29 is 0 Å². The summed E-state index contributed by atoms with van der Waals surface area (Å²) >= 11 is 0. The number of fused-ring (bicyclic) bond motifs is 2. The van der Waals surface area contributed by atoms with Gasteiger partial charge in [-0.25, -0.2) is 0 Å². The zero-order valence-corrected chi connectivity index (χ0v) is 24.9. The quantitative estimate of drug-likeness (QED) is 0.164. The molecule has 0 amide bonds. The van der Waals surface area contributed by atoms with E-state index in [-0.39, 0.29) is 0 Å². The average Bonchev–Trinajstić information content (AvgIpc) is 3.09. The van der Waals surface area contributed by atoms with Crippen molar-refractivity contribution in [2.75, 3.05) is 0 Å². The van der Waals surface area contributed by atoms with Crippen molar-refractivity contribution >= 4 is 58.0 Å². The average molecular weight is 563 g/mol. The lowest BCUT2D eigenvalue weighted by Crippen LogP contribution is -2.00. The van der Waals surface area contributed by atoms with Crippen molar-refractivity contribution in [1.29, 1.82) is 0 Å². The largest absolute Gasteiger partial charge is 0.0984 e. The normalized spacial score (nSPS) is 10.8. The standard InChI is InChI=1S/C44H34/c1-7-29-20-17-23-39(33(29)8-2)43-36(11-5)37(12-6)44(41-22-16-15-21-40(41)43)42-27-26-38(34(9-3)35(42)10-4)32-25-24-30-18-13-14-19-31(30)28-32/h7-28H,1-6H2. The minimum absolute atomic E-state index is 1.02. The van der Waals surface area contributed by atoms with Gasteiger partial charge in [-0.05, 0) is 94.4 Å². The molecule has 0 radical (unpaired) electrons. The van der Waals surface area contributed by atoms with E-state index in [0.29, 0.717) is 0 Å². The van der Waals surface area contributed by atoms with Gasteiger partial charge in [0, 0.05) is 0 Å². The third-order valence-corrected chi connectivity index (χ3v) is 8.56. The summed E-state index contributed by atoms with van der Waals surface area (Å²) in [7, 11) is 0. The van der Waals surface area contributed by atoms with Crippen molar-refractivity contribution in [3.8, 4) is 33.4 Å². The second-order valence-corrected chi connectivity index (χ2v) is 10.7. The van der Waals surface area contributed by atoms with E-state index in [0.717, 1.165) is 77.5 Å². The maximum Gasteiger partial charge on any atom is -0.00203 e. The van der Waals surface area contributed by atoms with Crippen molar-refractivity contribution in [3.05, 3.63) is 170 Å².